The van der Waals surface area contributed by atoms with Gasteiger partial charge in [-0.2, -0.15) is 5.32 Å². The topological polar surface area (TPSA) is 99.1 Å². The van der Waals surface area contributed by atoms with Crippen LogP contribution in [-0.2, 0) is 9.53 Å². The van der Waals surface area contributed by atoms with Gasteiger partial charge in [-0.15, -0.1) is 0 Å². The maximum atomic E-state index is 12.5. The monoisotopic (exact) mass is 410 g/mol. The average Bonchev–Trinajstić information content (AvgIpc) is 3.33. The number of hydrogen-bond donors (Lipinski definition) is 3. The summed E-state index contributed by atoms with van der Waals surface area (Å²) >= 11 is 0. The predicted molar refractivity (Wildman–Crippen MR) is 114 cm³/mol. The maximum Gasteiger partial charge on any atom is 0.407 e. The molecular formula is C22H28N5O3+. The summed E-state index contributed by atoms with van der Waals surface area (Å²) < 4.78 is 6.90. The number of carbonyl (C=O) groups excluding carboxylic acids is 2. The molecule has 4 rings (SSSR count). The SMILES string of the molecule is COC(=O)C(C)[N+](=C1NC(=O)NC1C1CCC(C)=CC1C)c1ccc2nc[nH]c2c1. The van der Waals surface area contributed by atoms with E-state index in [1.165, 1.54) is 12.7 Å². The van der Waals surface area contributed by atoms with Crippen LogP contribution in [0.3, 0.4) is 0 Å². The van der Waals surface area contributed by atoms with Crippen LogP contribution in [0.15, 0.2) is 36.2 Å². The van der Waals surface area contributed by atoms with Crippen molar-refractivity contribution in [2.45, 2.75) is 45.7 Å². The summed E-state index contributed by atoms with van der Waals surface area (Å²) in [6, 6.07) is 4.65. The number of H-pyrrole nitrogens is 1. The van der Waals surface area contributed by atoms with Crippen molar-refractivity contribution in [2.75, 3.05) is 7.11 Å². The standard InChI is InChI=1S/C22H27N5O3/c1-12-5-7-16(13(2)9-12)19-20(26-22(29)25-19)27(14(3)21(28)30-4)15-6-8-17-18(10-15)24-11-23-17/h6,8-11,13-14,16,19H,5,7H2,1-4H3,(H2,23,24,25,29)/p+1. The zero-order chi connectivity index (χ0) is 21.4. The number of aromatic nitrogens is 2. The fourth-order valence-corrected chi connectivity index (χ4v) is 4.66. The Morgan fingerprint density at radius 2 is 2.17 bits per heavy atom. The molecule has 8 nitrogen and oxygen atoms in total. The van der Waals surface area contributed by atoms with E-state index < -0.39 is 6.04 Å². The fourth-order valence-electron chi connectivity index (χ4n) is 4.66. The summed E-state index contributed by atoms with van der Waals surface area (Å²) in [5, 5.41) is 6.05. The number of aromatic amines is 1. The van der Waals surface area contributed by atoms with Gasteiger partial charge in [0.2, 0.25) is 0 Å². The van der Waals surface area contributed by atoms with Crippen molar-refractivity contribution in [3.63, 3.8) is 0 Å². The number of benzene rings is 1. The number of imidazole rings is 1. The van der Waals surface area contributed by atoms with E-state index in [2.05, 4.69) is 40.5 Å². The summed E-state index contributed by atoms with van der Waals surface area (Å²) in [6.45, 7) is 6.11. The third-order valence-corrected chi connectivity index (χ3v) is 6.22. The van der Waals surface area contributed by atoms with Crippen LogP contribution in [0.4, 0.5) is 10.5 Å². The minimum absolute atomic E-state index is 0.221. The lowest BCUT2D eigenvalue weighted by Crippen LogP contribution is -2.47. The van der Waals surface area contributed by atoms with Crippen LogP contribution in [0.2, 0.25) is 0 Å². The largest absolute Gasteiger partial charge is 0.466 e. The van der Waals surface area contributed by atoms with Gasteiger partial charge in [-0.1, -0.05) is 18.6 Å². The molecule has 8 heteroatoms. The summed E-state index contributed by atoms with van der Waals surface area (Å²) in [5.41, 5.74) is 3.85. The molecule has 0 bridgehead atoms. The van der Waals surface area contributed by atoms with Gasteiger partial charge in [-0.05, 0) is 50.7 Å². The number of esters is 1. The number of allylic oxidation sites excluding steroid dienone is 2. The van der Waals surface area contributed by atoms with Crippen molar-refractivity contribution in [1.29, 1.82) is 0 Å². The highest BCUT2D eigenvalue weighted by Gasteiger charge is 2.45. The minimum Gasteiger partial charge on any atom is -0.466 e. The molecule has 1 aliphatic carbocycles. The Morgan fingerprint density at radius 3 is 2.90 bits per heavy atom. The Balaban J connectivity index is 1.86. The molecule has 2 aromatic rings. The van der Waals surface area contributed by atoms with Crippen molar-refractivity contribution >= 4 is 34.6 Å². The molecule has 1 aromatic carbocycles. The number of nitrogens with one attached hydrogen (secondary N) is 3. The second-order valence-electron chi connectivity index (χ2n) is 8.21. The Kier molecular flexibility index (Phi) is 5.32. The second kappa shape index (κ2) is 7.93. The van der Waals surface area contributed by atoms with Crippen LogP contribution >= 0.6 is 0 Å². The smallest absolute Gasteiger partial charge is 0.407 e. The molecule has 1 saturated heterocycles. The zero-order valence-electron chi connectivity index (χ0n) is 17.7. The Hall–Kier alpha value is -3.16. The first-order valence-electron chi connectivity index (χ1n) is 10.3. The fraction of sp³-hybridized carbons (Fsp3) is 0.455. The molecule has 3 N–H and O–H groups in total. The molecule has 158 valence electrons. The Bertz CT molecular complexity index is 1050. The number of carbonyl (C=O) groups is 2. The van der Waals surface area contributed by atoms with Crippen LogP contribution in [0.25, 0.3) is 11.0 Å². The van der Waals surface area contributed by atoms with Gasteiger partial charge in [-0.3, -0.25) is 0 Å². The number of amides is 2. The Labute approximate surface area is 175 Å². The van der Waals surface area contributed by atoms with E-state index in [1.807, 2.05) is 22.8 Å². The lowest BCUT2D eigenvalue weighted by atomic mass is 9.77. The highest BCUT2D eigenvalue weighted by Crippen LogP contribution is 2.33. The number of urea groups is 1. The van der Waals surface area contributed by atoms with Gasteiger partial charge in [0.1, 0.15) is 11.7 Å². The van der Waals surface area contributed by atoms with Crippen LogP contribution in [0.5, 0.6) is 0 Å². The van der Waals surface area contributed by atoms with Gasteiger partial charge in [-0.25, -0.2) is 19.1 Å². The van der Waals surface area contributed by atoms with E-state index in [0.717, 1.165) is 29.6 Å². The summed E-state index contributed by atoms with van der Waals surface area (Å²) in [4.78, 5) is 32.3. The third kappa shape index (κ3) is 3.58. The van der Waals surface area contributed by atoms with E-state index in [1.54, 1.807) is 13.3 Å². The second-order valence-corrected chi connectivity index (χ2v) is 8.21. The molecule has 0 radical (unpaired) electrons. The third-order valence-electron chi connectivity index (χ3n) is 6.22. The number of nitrogens with zero attached hydrogens (tertiary/aromatic N) is 2. The van der Waals surface area contributed by atoms with Crippen molar-refractivity contribution in [1.82, 2.24) is 20.6 Å². The number of amidine groups is 1. The first kappa shape index (κ1) is 20.1. The van der Waals surface area contributed by atoms with E-state index in [4.69, 9.17) is 4.74 Å². The normalized spacial score (nSPS) is 26.6. The average molecular weight is 410 g/mol. The van der Waals surface area contributed by atoms with E-state index in [0.29, 0.717) is 11.8 Å². The first-order valence-corrected chi connectivity index (χ1v) is 10.3. The number of ether oxygens (including phenoxy) is 1. The Morgan fingerprint density at radius 1 is 1.37 bits per heavy atom. The van der Waals surface area contributed by atoms with Crippen LogP contribution in [0, 0.1) is 11.8 Å². The van der Waals surface area contributed by atoms with Crippen LogP contribution in [-0.4, -0.2) is 51.6 Å². The van der Waals surface area contributed by atoms with Gasteiger partial charge < -0.3 is 15.0 Å². The van der Waals surface area contributed by atoms with Gasteiger partial charge in [0.25, 0.3) is 5.84 Å². The van der Waals surface area contributed by atoms with Gasteiger partial charge in [0, 0.05) is 6.07 Å². The zero-order valence-corrected chi connectivity index (χ0v) is 17.7. The van der Waals surface area contributed by atoms with Crippen molar-refractivity contribution in [3.8, 4) is 0 Å². The molecule has 0 saturated carbocycles. The number of hydrogen-bond acceptors (Lipinski definition) is 4. The molecule has 1 aliphatic heterocycles. The molecule has 1 fully saturated rings. The summed E-state index contributed by atoms with van der Waals surface area (Å²) in [7, 11) is 1.37. The van der Waals surface area contributed by atoms with Crippen LogP contribution in [0.1, 0.15) is 33.6 Å². The number of rotatable bonds is 4. The molecule has 4 unspecified atom stereocenters. The molecular weight excluding hydrogens is 382 g/mol. The molecule has 2 aliphatic rings. The first-order chi connectivity index (χ1) is 14.4. The van der Waals surface area contributed by atoms with Gasteiger partial charge >= 0.3 is 12.0 Å². The van der Waals surface area contributed by atoms with Gasteiger partial charge in [0.15, 0.2) is 6.04 Å². The summed E-state index contributed by atoms with van der Waals surface area (Å²) in [6.07, 6.45) is 5.89. The molecule has 0 spiro atoms. The highest BCUT2D eigenvalue weighted by atomic mass is 16.5. The molecule has 4 atom stereocenters. The van der Waals surface area contributed by atoms with Crippen molar-refractivity contribution in [3.05, 3.63) is 36.2 Å². The van der Waals surface area contributed by atoms with Crippen LogP contribution < -0.4 is 10.6 Å². The predicted octanol–water partition coefficient (Wildman–Crippen LogP) is 2.84. The van der Waals surface area contributed by atoms with E-state index >= 15 is 0 Å². The number of methoxy groups -OCH3 is 1. The quantitative estimate of drug-likeness (QED) is 0.410. The summed E-state index contributed by atoms with van der Waals surface area (Å²) in [5.74, 6) is 0.844. The van der Waals surface area contributed by atoms with E-state index in [9.17, 15) is 9.59 Å². The molecule has 1 aromatic heterocycles. The molecule has 2 amide bonds. The maximum absolute atomic E-state index is 12.5. The molecule has 2 heterocycles. The molecule has 30 heavy (non-hydrogen) atoms. The van der Waals surface area contributed by atoms with Crippen molar-refractivity contribution in [2.24, 2.45) is 11.8 Å². The lowest BCUT2D eigenvalue weighted by molar-refractivity contribution is -0.472. The van der Waals surface area contributed by atoms with Crippen molar-refractivity contribution < 1.29 is 18.9 Å². The van der Waals surface area contributed by atoms with E-state index in [-0.39, 0.29) is 24.0 Å². The van der Waals surface area contributed by atoms with Gasteiger partial charge in [0.05, 0.1) is 24.5 Å². The number of fused-ring (bicyclic) bond motifs is 1. The lowest BCUT2D eigenvalue weighted by Gasteiger charge is -2.30. The highest BCUT2D eigenvalue weighted by molar-refractivity contribution is 6.05. The minimum atomic E-state index is -0.621.